The van der Waals surface area contributed by atoms with Crippen molar-refractivity contribution < 1.29 is 0 Å². The molecule has 1 aromatic carbocycles. The Morgan fingerprint density at radius 3 is 2.72 bits per heavy atom. The SMILES string of the molecule is CCc1ccc2c(c1)[nH]c(=O)c1[nH]cc(CC)c12. The smallest absolute Gasteiger partial charge is 0.272 e. The first kappa shape index (κ1) is 11.1. The molecule has 3 aromatic rings. The zero-order chi connectivity index (χ0) is 12.7. The molecule has 0 amide bonds. The molecule has 0 radical (unpaired) electrons. The molecule has 0 unspecified atom stereocenters. The molecule has 0 aliphatic heterocycles. The molecule has 3 rings (SSSR count). The van der Waals surface area contributed by atoms with Crippen LogP contribution in [0.25, 0.3) is 21.8 Å². The van der Waals surface area contributed by atoms with E-state index in [1.165, 1.54) is 11.1 Å². The Morgan fingerprint density at radius 1 is 1.17 bits per heavy atom. The lowest BCUT2D eigenvalue weighted by atomic mass is 10.0. The van der Waals surface area contributed by atoms with E-state index >= 15 is 0 Å². The maximum atomic E-state index is 12.0. The highest BCUT2D eigenvalue weighted by molar-refractivity contribution is 6.06. The van der Waals surface area contributed by atoms with E-state index in [0.717, 1.165) is 29.1 Å². The minimum Gasteiger partial charge on any atom is -0.356 e. The number of aromatic nitrogens is 2. The Morgan fingerprint density at radius 2 is 2.00 bits per heavy atom. The highest BCUT2D eigenvalue weighted by atomic mass is 16.1. The predicted molar refractivity (Wildman–Crippen MR) is 75.2 cm³/mol. The van der Waals surface area contributed by atoms with Crippen molar-refractivity contribution in [1.29, 1.82) is 0 Å². The summed E-state index contributed by atoms with van der Waals surface area (Å²) in [6.45, 7) is 4.22. The molecule has 3 nitrogen and oxygen atoms in total. The fourth-order valence-corrected chi connectivity index (χ4v) is 2.55. The lowest BCUT2D eigenvalue weighted by Crippen LogP contribution is -2.06. The minimum absolute atomic E-state index is 0.0366. The number of rotatable bonds is 2. The van der Waals surface area contributed by atoms with Crippen molar-refractivity contribution in [3.8, 4) is 0 Å². The molecule has 0 bridgehead atoms. The molecule has 0 saturated carbocycles. The number of nitrogens with one attached hydrogen (secondary N) is 2. The van der Waals surface area contributed by atoms with Crippen molar-refractivity contribution >= 4 is 21.8 Å². The summed E-state index contributed by atoms with van der Waals surface area (Å²) in [5, 5.41) is 2.19. The van der Waals surface area contributed by atoms with Gasteiger partial charge in [-0.25, -0.2) is 0 Å². The molecule has 0 aliphatic rings. The molecular formula is C15H16N2O. The van der Waals surface area contributed by atoms with Gasteiger partial charge in [-0.15, -0.1) is 0 Å². The van der Waals surface area contributed by atoms with Crippen molar-refractivity contribution in [1.82, 2.24) is 9.97 Å². The third-order valence-electron chi connectivity index (χ3n) is 3.58. The summed E-state index contributed by atoms with van der Waals surface area (Å²) in [5.41, 5.74) is 4.02. The van der Waals surface area contributed by atoms with Crippen LogP contribution in [0, 0.1) is 0 Å². The van der Waals surface area contributed by atoms with Crippen LogP contribution in [-0.2, 0) is 12.8 Å². The molecule has 0 aliphatic carbocycles. The van der Waals surface area contributed by atoms with Crippen LogP contribution in [0.2, 0.25) is 0 Å². The van der Waals surface area contributed by atoms with Crippen LogP contribution < -0.4 is 5.56 Å². The average molecular weight is 240 g/mol. The molecule has 0 saturated heterocycles. The van der Waals surface area contributed by atoms with E-state index in [1.807, 2.05) is 6.20 Å². The Labute approximate surface area is 105 Å². The number of fused-ring (bicyclic) bond motifs is 3. The second-order valence-corrected chi connectivity index (χ2v) is 4.61. The minimum atomic E-state index is -0.0366. The Hall–Kier alpha value is -2.03. The van der Waals surface area contributed by atoms with Gasteiger partial charge in [0.05, 0.1) is 0 Å². The van der Waals surface area contributed by atoms with Crippen LogP contribution in [0.15, 0.2) is 29.2 Å². The van der Waals surface area contributed by atoms with E-state index < -0.39 is 0 Å². The Balaban J connectivity index is 2.51. The van der Waals surface area contributed by atoms with E-state index in [0.29, 0.717) is 5.52 Å². The normalized spacial score (nSPS) is 11.4. The third kappa shape index (κ3) is 1.47. The lowest BCUT2D eigenvalue weighted by Gasteiger charge is -2.04. The van der Waals surface area contributed by atoms with Crippen LogP contribution >= 0.6 is 0 Å². The zero-order valence-electron chi connectivity index (χ0n) is 10.6. The maximum Gasteiger partial charge on any atom is 0.272 e. The number of pyridine rings is 1. The van der Waals surface area contributed by atoms with Gasteiger partial charge < -0.3 is 9.97 Å². The van der Waals surface area contributed by atoms with Gasteiger partial charge in [-0.3, -0.25) is 4.79 Å². The monoisotopic (exact) mass is 240 g/mol. The van der Waals surface area contributed by atoms with Gasteiger partial charge in [-0.2, -0.15) is 0 Å². The van der Waals surface area contributed by atoms with E-state index in [1.54, 1.807) is 0 Å². The van der Waals surface area contributed by atoms with Crippen LogP contribution in [0.5, 0.6) is 0 Å². The summed E-state index contributed by atoms with van der Waals surface area (Å²) in [6, 6.07) is 6.31. The topological polar surface area (TPSA) is 48.6 Å². The summed E-state index contributed by atoms with van der Waals surface area (Å²) in [6.07, 6.45) is 3.84. The first-order chi connectivity index (χ1) is 8.74. The largest absolute Gasteiger partial charge is 0.356 e. The molecule has 2 aromatic heterocycles. The first-order valence-electron chi connectivity index (χ1n) is 6.39. The van der Waals surface area contributed by atoms with E-state index in [9.17, 15) is 4.79 Å². The Kier molecular flexibility index (Phi) is 2.47. The van der Waals surface area contributed by atoms with Gasteiger partial charge in [-0.1, -0.05) is 26.0 Å². The number of aryl methyl sites for hydroxylation is 2. The highest BCUT2D eigenvalue weighted by Gasteiger charge is 2.10. The predicted octanol–water partition coefficient (Wildman–Crippen LogP) is 3.13. The van der Waals surface area contributed by atoms with Crippen molar-refractivity contribution in [2.24, 2.45) is 0 Å². The Bertz CT molecular complexity index is 780. The molecule has 3 heteroatoms. The molecular weight excluding hydrogens is 224 g/mol. The van der Waals surface area contributed by atoms with Crippen molar-refractivity contribution in [3.63, 3.8) is 0 Å². The van der Waals surface area contributed by atoms with E-state index in [2.05, 4.69) is 42.0 Å². The van der Waals surface area contributed by atoms with Gasteiger partial charge in [0.15, 0.2) is 0 Å². The standard InChI is InChI=1S/C15H16N2O/c1-3-9-5-6-11-12(7-9)17-15(18)14-13(11)10(4-2)8-16-14/h5-8,16H,3-4H2,1-2H3,(H,17,18). The number of hydrogen-bond acceptors (Lipinski definition) is 1. The first-order valence-corrected chi connectivity index (χ1v) is 6.39. The van der Waals surface area contributed by atoms with Crippen LogP contribution in [0.3, 0.4) is 0 Å². The summed E-state index contributed by atoms with van der Waals surface area (Å²) in [7, 11) is 0. The summed E-state index contributed by atoms with van der Waals surface area (Å²) >= 11 is 0. The molecule has 0 fully saturated rings. The van der Waals surface area contributed by atoms with Crippen molar-refractivity contribution in [2.45, 2.75) is 26.7 Å². The van der Waals surface area contributed by atoms with E-state index in [-0.39, 0.29) is 5.56 Å². The van der Waals surface area contributed by atoms with E-state index in [4.69, 9.17) is 0 Å². The summed E-state index contributed by atoms with van der Waals surface area (Å²) < 4.78 is 0. The van der Waals surface area contributed by atoms with Gasteiger partial charge in [0, 0.05) is 22.5 Å². The van der Waals surface area contributed by atoms with Crippen LogP contribution in [0.1, 0.15) is 25.0 Å². The number of aromatic amines is 2. The number of H-pyrrole nitrogens is 2. The number of benzene rings is 1. The molecule has 0 spiro atoms. The molecule has 2 heterocycles. The maximum absolute atomic E-state index is 12.0. The van der Waals surface area contributed by atoms with Gasteiger partial charge in [-0.05, 0) is 30.0 Å². The molecule has 92 valence electrons. The highest BCUT2D eigenvalue weighted by Crippen LogP contribution is 2.25. The lowest BCUT2D eigenvalue weighted by molar-refractivity contribution is 1.14. The van der Waals surface area contributed by atoms with Crippen molar-refractivity contribution in [3.05, 3.63) is 45.9 Å². The van der Waals surface area contributed by atoms with Gasteiger partial charge in [0.1, 0.15) is 5.52 Å². The third-order valence-corrected chi connectivity index (χ3v) is 3.58. The number of hydrogen-bond donors (Lipinski definition) is 2. The van der Waals surface area contributed by atoms with Crippen LogP contribution in [-0.4, -0.2) is 9.97 Å². The quantitative estimate of drug-likeness (QED) is 0.710. The van der Waals surface area contributed by atoms with Gasteiger partial charge in [0.2, 0.25) is 0 Å². The fraction of sp³-hybridized carbons (Fsp3) is 0.267. The molecule has 18 heavy (non-hydrogen) atoms. The zero-order valence-corrected chi connectivity index (χ0v) is 10.6. The molecule has 2 N–H and O–H groups in total. The van der Waals surface area contributed by atoms with Crippen molar-refractivity contribution in [2.75, 3.05) is 0 Å². The summed E-state index contributed by atoms with van der Waals surface area (Å²) in [5.74, 6) is 0. The van der Waals surface area contributed by atoms with Gasteiger partial charge in [0.25, 0.3) is 5.56 Å². The second-order valence-electron chi connectivity index (χ2n) is 4.61. The molecule has 0 atom stereocenters. The van der Waals surface area contributed by atoms with Gasteiger partial charge >= 0.3 is 0 Å². The second kappa shape index (κ2) is 4.02. The fourth-order valence-electron chi connectivity index (χ4n) is 2.55. The average Bonchev–Trinajstić information content (AvgIpc) is 2.82. The van der Waals surface area contributed by atoms with Crippen LogP contribution in [0.4, 0.5) is 0 Å². The summed E-state index contributed by atoms with van der Waals surface area (Å²) in [4.78, 5) is 18.1.